The third-order valence-electron chi connectivity index (χ3n) is 4.10. The highest BCUT2D eigenvalue weighted by atomic mass is 16.5. The van der Waals surface area contributed by atoms with Crippen LogP contribution in [0.4, 0.5) is 0 Å². The summed E-state index contributed by atoms with van der Waals surface area (Å²) in [7, 11) is 3.28. The fraction of sp³-hybridized carbons (Fsp3) is 0.217. The maximum absolute atomic E-state index is 6.06. The summed E-state index contributed by atoms with van der Waals surface area (Å²) in [6, 6.07) is 23.9. The van der Waals surface area contributed by atoms with Crippen LogP contribution in [0.5, 0.6) is 17.2 Å². The molecular weight excluding hydrogens is 340 g/mol. The van der Waals surface area contributed by atoms with Crippen molar-refractivity contribution < 1.29 is 18.9 Å². The van der Waals surface area contributed by atoms with Crippen molar-refractivity contribution in [2.75, 3.05) is 14.2 Å². The van der Waals surface area contributed by atoms with E-state index in [1.807, 2.05) is 72.8 Å². The van der Waals surface area contributed by atoms with Crippen LogP contribution in [0.2, 0.25) is 0 Å². The fourth-order valence-electron chi connectivity index (χ4n) is 2.76. The van der Waals surface area contributed by atoms with Gasteiger partial charge in [-0.2, -0.15) is 0 Å². The van der Waals surface area contributed by atoms with Gasteiger partial charge in [-0.05, 0) is 17.2 Å². The quantitative estimate of drug-likeness (QED) is 0.535. The second-order valence-corrected chi connectivity index (χ2v) is 6.10. The molecule has 0 unspecified atom stereocenters. The summed E-state index contributed by atoms with van der Waals surface area (Å²) >= 11 is 0. The maximum atomic E-state index is 6.06. The van der Waals surface area contributed by atoms with Crippen LogP contribution in [-0.2, 0) is 24.6 Å². The van der Waals surface area contributed by atoms with Gasteiger partial charge in [0.15, 0.2) is 11.5 Å². The number of hydrogen-bond acceptors (Lipinski definition) is 4. The van der Waals surface area contributed by atoms with E-state index < -0.39 is 0 Å². The minimum absolute atomic E-state index is 0.406. The van der Waals surface area contributed by atoms with Crippen molar-refractivity contribution in [1.82, 2.24) is 0 Å². The second-order valence-electron chi connectivity index (χ2n) is 6.10. The van der Waals surface area contributed by atoms with Crippen molar-refractivity contribution in [3.05, 3.63) is 89.5 Å². The van der Waals surface area contributed by atoms with E-state index in [9.17, 15) is 0 Å². The standard InChI is InChI=1S/C23H24O4/c1-24-17-20-13-21(26-15-18-9-5-3-6-10-18)14-22(25-2)23(20)27-16-19-11-7-4-8-12-19/h3-14H,15-17H2,1-2H3. The van der Waals surface area contributed by atoms with Gasteiger partial charge in [-0.1, -0.05) is 60.7 Å². The number of benzene rings is 3. The molecule has 0 bridgehead atoms. The molecule has 0 atom stereocenters. The Kier molecular flexibility index (Phi) is 6.72. The molecule has 3 rings (SSSR count). The van der Waals surface area contributed by atoms with E-state index in [0.29, 0.717) is 31.3 Å². The van der Waals surface area contributed by atoms with E-state index in [-0.39, 0.29) is 0 Å². The zero-order valence-corrected chi connectivity index (χ0v) is 15.7. The Bertz CT molecular complexity index is 832. The molecule has 0 N–H and O–H groups in total. The van der Waals surface area contributed by atoms with Gasteiger partial charge in [0.05, 0.1) is 13.7 Å². The molecule has 0 saturated heterocycles. The van der Waals surface area contributed by atoms with E-state index in [4.69, 9.17) is 18.9 Å². The minimum Gasteiger partial charge on any atom is -0.493 e. The highest BCUT2D eigenvalue weighted by Gasteiger charge is 2.15. The third kappa shape index (κ3) is 5.25. The monoisotopic (exact) mass is 364 g/mol. The molecule has 0 aromatic heterocycles. The molecule has 0 aliphatic rings. The first-order valence-corrected chi connectivity index (χ1v) is 8.83. The molecule has 140 valence electrons. The molecule has 0 fully saturated rings. The van der Waals surface area contributed by atoms with Gasteiger partial charge in [0.25, 0.3) is 0 Å². The predicted octanol–water partition coefficient (Wildman–Crippen LogP) is 5.00. The van der Waals surface area contributed by atoms with Crippen LogP contribution < -0.4 is 14.2 Å². The van der Waals surface area contributed by atoms with Crippen LogP contribution in [0.3, 0.4) is 0 Å². The Morgan fingerprint density at radius 1 is 0.667 bits per heavy atom. The minimum atomic E-state index is 0.406. The zero-order chi connectivity index (χ0) is 18.9. The van der Waals surface area contributed by atoms with Crippen molar-refractivity contribution >= 4 is 0 Å². The maximum Gasteiger partial charge on any atom is 0.167 e. The van der Waals surface area contributed by atoms with Crippen molar-refractivity contribution in [2.24, 2.45) is 0 Å². The Labute approximate surface area is 160 Å². The number of ether oxygens (including phenoxy) is 4. The average Bonchev–Trinajstić information content (AvgIpc) is 2.73. The Hall–Kier alpha value is -2.98. The lowest BCUT2D eigenvalue weighted by molar-refractivity contribution is 0.177. The van der Waals surface area contributed by atoms with Crippen LogP contribution in [0.15, 0.2) is 72.8 Å². The number of methoxy groups -OCH3 is 2. The number of hydrogen-bond donors (Lipinski definition) is 0. The van der Waals surface area contributed by atoms with E-state index in [2.05, 4.69) is 0 Å². The van der Waals surface area contributed by atoms with Crippen LogP contribution in [-0.4, -0.2) is 14.2 Å². The summed E-state index contributed by atoms with van der Waals surface area (Å²) in [6.45, 7) is 1.35. The lowest BCUT2D eigenvalue weighted by Crippen LogP contribution is -2.03. The van der Waals surface area contributed by atoms with Gasteiger partial charge >= 0.3 is 0 Å². The third-order valence-corrected chi connectivity index (χ3v) is 4.10. The first-order chi connectivity index (χ1) is 13.3. The molecule has 27 heavy (non-hydrogen) atoms. The summed E-state index contributed by atoms with van der Waals surface area (Å²) in [5, 5.41) is 0. The van der Waals surface area contributed by atoms with Gasteiger partial charge < -0.3 is 18.9 Å². The second kappa shape index (κ2) is 9.64. The SMILES string of the molecule is COCc1cc(OCc2ccccc2)cc(OC)c1OCc1ccccc1. The topological polar surface area (TPSA) is 36.9 Å². The van der Waals surface area contributed by atoms with Crippen LogP contribution in [0.1, 0.15) is 16.7 Å². The van der Waals surface area contributed by atoms with Gasteiger partial charge in [0.2, 0.25) is 0 Å². The van der Waals surface area contributed by atoms with Crippen molar-refractivity contribution in [3.8, 4) is 17.2 Å². The molecule has 3 aromatic carbocycles. The van der Waals surface area contributed by atoms with Crippen LogP contribution in [0, 0.1) is 0 Å². The molecule has 0 heterocycles. The molecule has 0 radical (unpaired) electrons. The normalized spacial score (nSPS) is 10.4. The van der Waals surface area contributed by atoms with Gasteiger partial charge in [-0.3, -0.25) is 0 Å². The van der Waals surface area contributed by atoms with Crippen molar-refractivity contribution in [1.29, 1.82) is 0 Å². The summed E-state index contributed by atoms with van der Waals surface area (Å²) in [6.07, 6.45) is 0. The smallest absolute Gasteiger partial charge is 0.167 e. The fourth-order valence-corrected chi connectivity index (χ4v) is 2.76. The molecule has 0 saturated carbocycles. The molecule has 0 aliphatic heterocycles. The van der Waals surface area contributed by atoms with E-state index in [0.717, 1.165) is 22.4 Å². The lowest BCUT2D eigenvalue weighted by Gasteiger charge is -2.17. The largest absolute Gasteiger partial charge is 0.493 e. The molecule has 3 aromatic rings. The highest BCUT2D eigenvalue weighted by molar-refractivity contribution is 5.52. The predicted molar refractivity (Wildman–Crippen MR) is 105 cm³/mol. The molecule has 0 aliphatic carbocycles. The Balaban J connectivity index is 1.79. The molecule has 0 amide bonds. The van der Waals surface area contributed by atoms with E-state index in [1.54, 1.807) is 14.2 Å². The van der Waals surface area contributed by atoms with Gasteiger partial charge in [-0.25, -0.2) is 0 Å². The molecular formula is C23H24O4. The summed E-state index contributed by atoms with van der Waals surface area (Å²) < 4.78 is 22.9. The molecule has 4 nitrogen and oxygen atoms in total. The average molecular weight is 364 g/mol. The summed E-state index contributed by atoms with van der Waals surface area (Å²) in [5.41, 5.74) is 3.08. The first-order valence-electron chi connectivity index (χ1n) is 8.83. The lowest BCUT2D eigenvalue weighted by atomic mass is 10.1. The van der Waals surface area contributed by atoms with E-state index >= 15 is 0 Å². The highest BCUT2D eigenvalue weighted by Crippen LogP contribution is 2.37. The summed E-state index contributed by atoms with van der Waals surface area (Å²) in [4.78, 5) is 0. The zero-order valence-electron chi connectivity index (χ0n) is 15.7. The van der Waals surface area contributed by atoms with Crippen LogP contribution >= 0.6 is 0 Å². The molecule has 0 spiro atoms. The van der Waals surface area contributed by atoms with Gasteiger partial charge in [-0.15, -0.1) is 0 Å². The number of rotatable bonds is 9. The van der Waals surface area contributed by atoms with Gasteiger partial charge in [0.1, 0.15) is 19.0 Å². The Morgan fingerprint density at radius 3 is 1.81 bits per heavy atom. The first kappa shape index (κ1) is 18.8. The van der Waals surface area contributed by atoms with Gasteiger partial charge in [0, 0.05) is 18.7 Å². The van der Waals surface area contributed by atoms with Crippen molar-refractivity contribution in [2.45, 2.75) is 19.8 Å². The van der Waals surface area contributed by atoms with Crippen molar-refractivity contribution in [3.63, 3.8) is 0 Å². The van der Waals surface area contributed by atoms with E-state index in [1.165, 1.54) is 0 Å². The Morgan fingerprint density at radius 2 is 1.26 bits per heavy atom. The summed E-state index contributed by atoms with van der Waals surface area (Å²) in [5.74, 6) is 2.02. The van der Waals surface area contributed by atoms with Crippen LogP contribution in [0.25, 0.3) is 0 Å². The molecule has 4 heteroatoms.